The van der Waals surface area contributed by atoms with Crippen molar-refractivity contribution in [2.24, 2.45) is 0 Å². The van der Waals surface area contributed by atoms with E-state index in [2.05, 4.69) is 47.0 Å². The number of aromatic nitrogens is 4. The van der Waals surface area contributed by atoms with Crippen molar-refractivity contribution in [3.05, 3.63) is 35.5 Å². The smallest absolute Gasteiger partial charge is 0.147 e. The van der Waals surface area contributed by atoms with Gasteiger partial charge >= 0.3 is 0 Å². The summed E-state index contributed by atoms with van der Waals surface area (Å²) in [6, 6.07) is 4.30. The van der Waals surface area contributed by atoms with Gasteiger partial charge < -0.3 is 19.5 Å². The molecule has 0 amide bonds. The van der Waals surface area contributed by atoms with Crippen LogP contribution in [0.2, 0.25) is 0 Å². The number of likely N-dealkylation sites (N-methyl/N-ethyl adjacent to an activating group) is 1. The molecular formula is C20H32ClN7O. The Kier molecular flexibility index (Phi) is 7.83. The van der Waals surface area contributed by atoms with Crippen molar-refractivity contribution >= 4 is 18.2 Å². The van der Waals surface area contributed by atoms with Gasteiger partial charge in [0.15, 0.2) is 0 Å². The molecule has 1 fully saturated rings. The molecule has 0 bridgehead atoms. The molecule has 9 heteroatoms. The highest BCUT2D eigenvalue weighted by molar-refractivity contribution is 5.85. The molecule has 0 atom stereocenters. The van der Waals surface area contributed by atoms with E-state index in [0.29, 0.717) is 12.5 Å². The second-order valence-corrected chi connectivity index (χ2v) is 7.79. The van der Waals surface area contributed by atoms with Crippen LogP contribution >= 0.6 is 12.4 Å². The average molecular weight is 422 g/mol. The maximum atomic E-state index is 5.14. The highest BCUT2D eigenvalue weighted by atomic mass is 35.5. The Labute approximate surface area is 179 Å². The van der Waals surface area contributed by atoms with Crippen LogP contribution in [0.5, 0.6) is 0 Å². The molecule has 0 saturated carbocycles. The van der Waals surface area contributed by atoms with Crippen LogP contribution in [0, 0.1) is 0 Å². The van der Waals surface area contributed by atoms with E-state index in [0.717, 1.165) is 70.3 Å². The van der Waals surface area contributed by atoms with Crippen LogP contribution in [0.1, 0.15) is 36.0 Å². The molecule has 8 nitrogen and oxygen atoms in total. The van der Waals surface area contributed by atoms with Crippen molar-refractivity contribution in [1.29, 1.82) is 0 Å². The number of piperidine rings is 1. The van der Waals surface area contributed by atoms with Crippen LogP contribution in [0.15, 0.2) is 18.3 Å². The molecule has 29 heavy (non-hydrogen) atoms. The van der Waals surface area contributed by atoms with E-state index in [9.17, 15) is 0 Å². The summed E-state index contributed by atoms with van der Waals surface area (Å²) in [5.41, 5.74) is 1.27. The molecule has 4 rings (SSSR count). The molecule has 2 aliphatic heterocycles. The summed E-state index contributed by atoms with van der Waals surface area (Å²) in [5.74, 6) is 3.81. The Hall–Kier alpha value is -1.74. The van der Waals surface area contributed by atoms with Gasteiger partial charge in [0.05, 0.1) is 13.2 Å². The van der Waals surface area contributed by atoms with E-state index in [4.69, 9.17) is 4.74 Å². The maximum absolute atomic E-state index is 5.14. The van der Waals surface area contributed by atoms with Crippen molar-refractivity contribution in [1.82, 2.24) is 30.0 Å². The number of hydrogen-bond donors (Lipinski definition) is 1. The number of anilines is 1. The van der Waals surface area contributed by atoms with Crippen molar-refractivity contribution in [2.45, 2.75) is 38.4 Å². The Morgan fingerprint density at radius 1 is 1.21 bits per heavy atom. The number of pyridine rings is 1. The van der Waals surface area contributed by atoms with Gasteiger partial charge in [-0.15, -0.1) is 22.6 Å². The molecule has 2 aliphatic rings. The molecule has 2 aromatic heterocycles. The molecule has 0 aromatic carbocycles. The van der Waals surface area contributed by atoms with Crippen LogP contribution < -0.4 is 10.2 Å². The third kappa shape index (κ3) is 5.25. The Balaban J connectivity index is 0.00000240. The fourth-order valence-electron chi connectivity index (χ4n) is 4.10. The summed E-state index contributed by atoms with van der Waals surface area (Å²) in [6.45, 7) is 7.56. The summed E-state index contributed by atoms with van der Waals surface area (Å²) in [4.78, 5) is 9.26. The first-order valence-corrected chi connectivity index (χ1v) is 10.2. The number of halogens is 1. The molecule has 0 spiro atoms. The first kappa shape index (κ1) is 22.0. The van der Waals surface area contributed by atoms with Crippen LogP contribution in [0.4, 0.5) is 5.82 Å². The van der Waals surface area contributed by atoms with Crippen LogP contribution in [0.25, 0.3) is 0 Å². The van der Waals surface area contributed by atoms with Gasteiger partial charge in [0.25, 0.3) is 0 Å². The van der Waals surface area contributed by atoms with Gasteiger partial charge in [-0.1, -0.05) is 6.07 Å². The number of hydrogen-bond acceptors (Lipinski definition) is 7. The fraction of sp³-hybridized carbons (Fsp3) is 0.650. The fourth-order valence-corrected chi connectivity index (χ4v) is 4.10. The SMILES string of the molecule is COCCN(C)c1ccc(CN2CCC(c3nnc4n3CCNC4)CC2)cn1.Cl. The summed E-state index contributed by atoms with van der Waals surface area (Å²) in [6.07, 6.45) is 4.31. The van der Waals surface area contributed by atoms with Crippen molar-refractivity contribution in [3.63, 3.8) is 0 Å². The largest absolute Gasteiger partial charge is 0.383 e. The normalized spacial score (nSPS) is 17.6. The number of rotatable bonds is 7. The van der Waals surface area contributed by atoms with Gasteiger partial charge in [-0.05, 0) is 37.6 Å². The maximum Gasteiger partial charge on any atom is 0.147 e. The number of nitrogens with one attached hydrogen (secondary N) is 1. The molecule has 0 radical (unpaired) electrons. The third-order valence-corrected chi connectivity index (χ3v) is 5.84. The highest BCUT2D eigenvalue weighted by Gasteiger charge is 2.27. The lowest BCUT2D eigenvalue weighted by Crippen LogP contribution is -2.34. The van der Waals surface area contributed by atoms with Gasteiger partial charge in [-0.2, -0.15) is 0 Å². The zero-order valence-electron chi connectivity index (χ0n) is 17.4. The predicted octanol–water partition coefficient (Wildman–Crippen LogP) is 1.66. The first-order chi connectivity index (χ1) is 13.7. The molecule has 1 saturated heterocycles. The zero-order chi connectivity index (χ0) is 19.3. The molecule has 1 N–H and O–H groups in total. The van der Waals surface area contributed by atoms with E-state index in [1.54, 1.807) is 7.11 Å². The number of methoxy groups -OCH3 is 1. The van der Waals surface area contributed by atoms with Gasteiger partial charge in [0.1, 0.15) is 17.5 Å². The molecular weight excluding hydrogens is 390 g/mol. The summed E-state index contributed by atoms with van der Waals surface area (Å²) < 4.78 is 7.47. The Bertz CT molecular complexity index is 759. The van der Waals surface area contributed by atoms with E-state index in [1.807, 2.05) is 13.2 Å². The molecule has 2 aromatic rings. The van der Waals surface area contributed by atoms with Crippen LogP contribution in [0.3, 0.4) is 0 Å². The van der Waals surface area contributed by atoms with Crippen LogP contribution in [-0.4, -0.2) is 71.6 Å². The number of ether oxygens (including phenoxy) is 1. The standard InChI is InChI=1S/C20H31N7O.ClH/c1-25(11-12-28-2)18-4-3-16(13-22-18)15-26-8-5-17(6-9-26)20-24-23-19-14-21-7-10-27(19)20;/h3-4,13,17,21H,5-12,14-15H2,1-2H3;1H. The van der Waals surface area contributed by atoms with Gasteiger partial charge in [0.2, 0.25) is 0 Å². The summed E-state index contributed by atoms with van der Waals surface area (Å²) >= 11 is 0. The summed E-state index contributed by atoms with van der Waals surface area (Å²) in [5, 5.41) is 12.3. The minimum atomic E-state index is 0. The first-order valence-electron chi connectivity index (χ1n) is 10.2. The second-order valence-electron chi connectivity index (χ2n) is 7.79. The molecule has 0 unspecified atom stereocenters. The molecule has 160 valence electrons. The van der Waals surface area contributed by atoms with E-state index < -0.39 is 0 Å². The Morgan fingerprint density at radius 2 is 2.03 bits per heavy atom. The number of likely N-dealkylation sites (tertiary alicyclic amines) is 1. The second kappa shape index (κ2) is 10.3. The lowest BCUT2D eigenvalue weighted by molar-refractivity contribution is 0.199. The highest BCUT2D eigenvalue weighted by Crippen LogP contribution is 2.28. The number of nitrogens with zero attached hydrogens (tertiary/aromatic N) is 6. The third-order valence-electron chi connectivity index (χ3n) is 5.84. The predicted molar refractivity (Wildman–Crippen MR) is 116 cm³/mol. The van der Waals surface area contributed by atoms with Crippen molar-refractivity contribution in [3.8, 4) is 0 Å². The van der Waals surface area contributed by atoms with Crippen LogP contribution in [-0.2, 0) is 24.4 Å². The molecule has 0 aliphatic carbocycles. The zero-order valence-corrected chi connectivity index (χ0v) is 18.2. The Morgan fingerprint density at radius 3 is 2.76 bits per heavy atom. The number of fused-ring (bicyclic) bond motifs is 1. The van der Waals surface area contributed by atoms with E-state index in [1.165, 1.54) is 11.4 Å². The molecule has 4 heterocycles. The summed E-state index contributed by atoms with van der Waals surface area (Å²) in [7, 11) is 3.77. The average Bonchev–Trinajstić information content (AvgIpc) is 3.17. The monoisotopic (exact) mass is 421 g/mol. The van der Waals surface area contributed by atoms with E-state index in [-0.39, 0.29) is 12.4 Å². The quantitative estimate of drug-likeness (QED) is 0.728. The van der Waals surface area contributed by atoms with Crippen molar-refractivity contribution < 1.29 is 4.74 Å². The van der Waals surface area contributed by atoms with Gasteiger partial charge in [0, 0.05) is 52.5 Å². The van der Waals surface area contributed by atoms with Gasteiger partial charge in [-0.3, -0.25) is 4.90 Å². The topological polar surface area (TPSA) is 71.3 Å². The van der Waals surface area contributed by atoms with E-state index >= 15 is 0 Å². The minimum Gasteiger partial charge on any atom is -0.383 e. The lowest BCUT2D eigenvalue weighted by atomic mass is 9.95. The minimum absolute atomic E-state index is 0. The van der Waals surface area contributed by atoms with Crippen molar-refractivity contribution in [2.75, 3.05) is 51.8 Å². The van der Waals surface area contributed by atoms with Gasteiger partial charge in [-0.25, -0.2) is 4.98 Å². The lowest BCUT2D eigenvalue weighted by Gasteiger charge is -2.32.